The van der Waals surface area contributed by atoms with Crippen LogP contribution in [0.3, 0.4) is 0 Å². The Morgan fingerprint density at radius 3 is 2.76 bits per heavy atom. The summed E-state index contributed by atoms with van der Waals surface area (Å²) < 4.78 is 32.2. The fourth-order valence-corrected chi connectivity index (χ4v) is 4.65. The number of methoxy groups -OCH3 is 1. The van der Waals surface area contributed by atoms with Crippen LogP contribution in [0, 0.1) is 11.8 Å². The van der Waals surface area contributed by atoms with Crippen LogP contribution in [0.25, 0.3) is 0 Å². The zero-order chi connectivity index (χ0) is 18.6. The van der Waals surface area contributed by atoms with Crippen molar-refractivity contribution in [1.82, 2.24) is 9.62 Å². The Hall–Kier alpha value is -1.31. The third kappa shape index (κ3) is 4.86. The lowest BCUT2D eigenvalue weighted by Gasteiger charge is -2.31. The highest BCUT2D eigenvalue weighted by Crippen LogP contribution is 2.30. The molecule has 140 valence electrons. The maximum atomic E-state index is 12.9. The van der Waals surface area contributed by atoms with Gasteiger partial charge in [0.05, 0.1) is 22.9 Å². The van der Waals surface area contributed by atoms with E-state index in [0.717, 1.165) is 0 Å². The molecule has 0 radical (unpaired) electrons. The van der Waals surface area contributed by atoms with Crippen molar-refractivity contribution in [1.29, 1.82) is 0 Å². The molecule has 1 aliphatic heterocycles. The molecule has 0 aliphatic carbocycles. The molecule has 1 atom stereocenters. The number of carbonyl (C=O) groups excluding carboxylic acids is 1. The lowest BCUT2D eigenvalue weighted by molar-refractivity contribution is -0.126. The van der Waals surface area contributed by atoms with Gasteiger partial charge in [-0.3, -0.25) is 4.79 Å². The van der Waals surface area contributed by atoms with Crippen molar-refractivity contribution < 1.29 is 17.9 Å². The summed E-state index contributed by atoms with van der Waals surface area (Å²) in [5, 5.41) is 3.13. The summed E-state index contributed by atoms with van der Waals surface area (Å²) in [6.45, 7) is 5.22. The summed E-state index contributed by atoms with van der Waals surface area (Å²) in [5.74, 6) is 0.372. The second kappa shape index (κ2) is 8.38. The molecule has 0 unspecified atom stereocenters. The van der Waals surface area contributed by atoms with Gasteiger partial charge in [0, 0.05) is 19.6 Å². The second-order valence-electron chi connectivity index (χ2n) is 6.64. The number of sulfonamides is 1. The summed E-state index contributed by atoms with van der Waals surface area (Å²) in [6, 6.07) is 4.40. The van der Waals surface area contributed by atoms with Gasteiger partial charge in [-0.05, 0) is 37.0 Å². The van der Waals surface area contributed by atoms with Crippen LogP contribution in [0.15, 0.2) is 23.1 Å². The molecule has 0 aromatic heterocycles. The number of nitrogens with one attached hydrogen (secondary N) is 1. The summed E-state index contributed by atoms with van der Waals surface area (Å²) in [7, 11) is -2.22. The summed E-state index contributed by atoms with van der Waals surface area (Å²) in [5.41, 5.74) is 0. The molecule has 0 bridgehead atoms. The standard InChI is InChI=1S/C17H25ClN2O4S/c1-12(2)10-19-17(21)13-5-4-8-20(11-13)25(22,23)14-6-7-16(24-3)15(18)9-14/h6-7,9,12-13H,4-5,8,10-11H2,1-3H3,(H,19,21)/t13-/m0/s1. The average Bonchev–Trinajstić information content (AvgIpc) is 2.59. The SMILES string of the molecule is COc1ccc(S(=O)(=O)N2CCC[C@H](C(=O)NCC(C)C)C2)cc1Cl. The van der Waals surface area contributed by atoms with Crippen LogP contribution >= 0.6 is 11.6 Å². The van der Waals surface area contributed by atoms with Gasteiger partial charge < -0.3 is 10.1 Å². The first-order valence-corrected chi connectivity index (χ1v) is 10.2. The molecular weight excluding hydrogens is 364 g/mol. The van der Waals surface area contributed by atoms with Crippen LogP contribution in [0.1, 0.15) is 26.7 Å². The average molecular weight is 389 g/mol. The number of rotatable bonds is 6. The number of carbonyl (C=O) groups is 1. The zero-order valence-corrected chi connectivity index (χ0v) is 16.4. The zero-order valence-electron chi connectivity index (χ0n) is 14.8. The van der Waals surface area contributed by atoms with Gasteiger partial charge in [-0.1, -0.05) is 25.4 Å². The Kier molecular flexibility index (Phi) is 6.71. The molecule has 1 N–H and O–H groups in total. The molecule has 2 rings (SSSR count). The van der Waals surface area contributed by atoms with Crippen LogP contribution < -0.4 is 10.1 Å². The minimum Gasteiger partial charge on any atom is -0.495 e. The van der Waals surface area contributed by atoms with Crippen LogP contribution in [-0.4, -0.2) is 45.4 Å². The van der Waals surface area contributed by atoms with E-state index in [1.807, 2.05) is 13.8 Å². The van der Waals surface area contributed by atoms with Crippen molar-refractivity contribution in [3.63, 3.8) is 0 Å². The summed E-state index contributed by atoms with van der Waals surface area (Å²) in [4.78, 5) is 12.4. The number of piperidine rings is 1. The number of nitrogens with zero attached hydrogens (tertiary/aromatic N) is 1. The van der Waals surface area contributed by atoms with Gasteiger partial charge >= 0.3 is 0 Å². The van der Waals surface area contributed by atoms with E-state index in [2.05, 4.69) is 5.32 Å². The fourth-order valence-electron chi connectivity index (χ4n) is 2.78. The molecule has 0 spiro atoms. The van der Waals surface area contributed by atoms with E-state index in [4.69, 9.17) is 16.3 Å². The van der Waals surface area contributed by atoms with E-state index >= 15 is 0 Å². The normalized spacial score (nSPS) is 19.0. The van der Waals surface area contributed by atoms with Crippen molar-refractivity contribution in [2.24, 2.45) is 11.8 Å². The Labute approximate surface area is 154 Å². The fraction of sp³-hybridized carbons (Fsp3) is 0.588. The molecule has 1 heterocycles. The monoisotopic (exact) mass is 388 g/mol. The van der Waals surface area contributed by atoms with Crippen molar-refractivity contribution >= 4 is 27.5 Å². The van der Waals surface area contributed by atoms with Gasteiger partial charge in [-0.15, -0.1) is 0 Å². The van der Waals surface area contributed by atoms with Gasteiger partial charge in [-0.25, -0.2) is 8.42 Å². The highest BCUT2D eigenvalue weighted by atomic mass is 35.5. The number of hydrogen-bond donors (Lipinski definition) is 1. The minimum absolute atomic E-state index is 0.0821. The molecule has 1 aromatic rings. The maximum Gasteiger partial charge on any atom is 0.243 e. The lowest BCUT2D eigenvalue weighted by atomic mass is 9.98. The van der Waals surface area contributed by atoms with Crippen LogP contribution in [-0.2, 0) is 14.8 Å². The predicted molar refractivity (Wildman–Crippen MR) is 97.3 cm³/mol. The molecule has 1 aliphatic rings. The first-order valence-electron chi connectivity index (χ1n) is 8.37. The molecule has 1 amide bonds. The predicted octanol–water partition coefficient (Wildman–Crippen LogP) is 2.52. The topological polar surface area (TPSA) is 75.7 Å². The van der Waals surface area contributed by atoms with Crippen molar-refractivity contribution in [2.75, 3.05) is 26.7 Å². The second-order valence-corrected chi connectivity index (χ2v) is 8.98. The largest absolute Gasteiger partial charge is 0.495 e. The Morgan fingerprint density at radius 2 is 2.16 bits per heavy atom. The molecule has 25 heavy (non-hydrogen) atoms. The molecule has 0 saturated carbocycles. The number of benzene rings is 1. The Morgan fingerprint density at radius 1 is 1.44 bits per heavy atom. The molecule has 1 saturated heterocycles. The maximum absolute atomic E-state index is 12.9. The summed E-state index contributed by atoms with van der Waals surface area (Å²) in [6.07, 6.45) is 1.35. The van der Waals surface area contributed by atoms with E-state index in [-0.39, 0.29) is 28.3 Å². The Bertz CT molecular complexity index is 721. The molecule has 6 nitrogen and oxygen atoms in total. The van der Waals surface area contributed by atoms with Gasteiger partial charge in [-0.2, -0.15) is 4.31 Å². The van der Waals surface area contributed by atoms with Crippen molar-refractivity contribution in [2.45, 2.75) is 31.6 Å². The molecule has 8 heteroatoms. The van der Waals surface area contributed by atoms with E-state index in [9.17, 15) is 13.2 Å². The summed E-state index contributed by atoms with van der Waals surface area (Å²) >= 11 is 6.05. The highest BCUT2D eigenvalue weighted by Gasteiger charge is 2.33. The van der Waals surface area contributed by atoms with Crippen molar-refractivity contribution in [3.8, 4) is 5.75 Å². The van der Waals surface area contributed by atoms with Gasteiger partial charge in [0.25, 0.3) is 0 Å². The Balaban J connectivity index is 2.13. The van der Waals surface area contributed by atoms with Gasteiger partial charge in [0.15, 0.2) is 0 Å². The van der Waals surface area contributed by atoms with E-state index in [0.29, 0.717) is 37.6 Å². The smallest absolute Gasteiger partial charge is 0.243 e. The third-order valence-corrected chi connectivity index (χ3v) is 6.36. The third-order valence-electron chi connectivity index (χ3n) is 4.20. The van der Waals surface area contributed by atoms with Crippen LogP contribution in [0.4, 0.5) is 0 Å². The first kappa shape index (κ1) is 20.0. The van der Waals surface area contributed by atoms with E-state index < -0.39 is 10.0 Å². The van der Waals surface area contributed by atoms with Gasteiger partial charge in [0.2, 0.25) is 15.9 Å². The quantitative estimate of drug-likeness (QED) is 0.812. The molecule has 1 fully saturated rings. The lowest BCUT2D eigenvalue weighted by Crippen LogP contribution is -2.45. The minimum atomic E-state index is -3.69. The number of hydrogen-bond acceptors (Lipinski definition) is 4. The number of amides is 1. The van der Waals surface area contributed by atoms with E-state index in [1.165, 1.54) is 29.6 Å². The van der Waals surface area contributed by atoms with Crippen molar-refractivity contribution in [3.05, 3.63) is 23.2 Å². The molecule has 1 aromatic carbocycles. The van der Waals surface area contributed by atoms with E-state index in [1.54, 1.807) is 0 Å². The number of ether oxygens (including phenoxy) is 1. The van der Waals surface area contributed by atoms with Crippen LogP contribution in [0.2, 0.25) is 5.02 Å². The van der Waals surface area contributed by atoms with Gasteiger partial charge in [0.1, 0.15) is 5.75 Å². The van der Waals surface area contributed by atoms with Crippen LogP contribution in [0.5, 0.6) is 5.75 Å². The molecular formula is C17H25ClN2O4S. The number of halogens is 1. The first-order chi connectivity index (χ1) is 11.8. The highest BCUT2D eigenvalue weighted by molar-refractivity contribution is 7.89.